The van der Waals surface area contributed by atoms with Crippen molar-refractivity contribution in [3.63, 3.8) is 0 Å². The van der Waals surface area contributed by atoms with Crippen LogP contribution in [0.15, 0.2) is 59.0 Å². The first-order valence-electron chi connectivity index (χ1n) is 12.3. The molecule has 2 aliphatic heterocycles. The maximum atomic E-state index is 14.2. The summed E-state index contributed by atoms with van der Waals surface area (Å²) in [5.74, 6) is -2.84. The van der Waals surface area contributed by atoms with Crippen LogP contribution < -0.4 is 4.90 Å². The molecule has 0 radical (unpaired) electrons. The number of ketones is 1. The zero-order valence-electron chi connectivity index (χ0n) is 22.1. The Kier molecular flexibility index (Phi) is 7.21. The second-order valence-corrected chi connectivity index (χ2v) is 11.9. The third kappa shape index (κ3) is 4.01. The van der Waals surface area contributed by atoms with E-state index in [1.807, 2.05) is 19.0 Å². The van der Waals surface area contributed by atoms with Crippen molar-refractivity contribution in [1.29, 1.82) is 0 Å². The number of hydrogen-bond donors (Lipinski definition) is 1. The van der Waals surface area contributed by atoms with Gasteiger partial charge in [-0.15, -0.1) is 0 Å². The third-order valence-electron chi connectivity index (χ3n) is 7.02. The SMILES string of the molecule is CCN1C(=O)[C@@]2(C(=C(O)c3ccc(S(=O)(=O)N(C)C)cc3)C(=O)C(=O)N2CCCN(C)C)c2ccccc21. The number of carbonyl (C=O) groups excluding carboxylic acids is 3. The van der Waals surface area contributed by atoms with Crippen LogP contribution in [-0.4, -0.2) is 93.1 Å². The molecule has 1 fully saturated rings. The molecule has 2 aliphatic rings. The second kappa shape index (κ2) is 9.97. The molecule has 0 bridgehead atoms. The second-order valence-electron chi connectivity index (χ2n) is 9.76. The number of nitrogens with zero attached hydrogens (tertiary/aromatic N) is 4. The van der Waals surface area contributed by atoms with Gasteiger partial charge in [0.15, 0.2) is 5.54 Å². The van der Waals surface area contributed by atoms with Crippen LogP contribution in [0.25, 0.3) is 5.76 Å². The molecule has 2 heterocycles. The minimum Gasteiger partial charge on any atom is -0.507 e. The van der Waals surface area contributed by atoms with Gasteiger partial charge in [0.05, 0.1) is 16.2 Å². The lowest BCUT2D eigenvalue weighted by molar-refractivity contribution is -0.143. The number of Topliss-reactive ketones (excluding diaryl/α,β-unsaturated/α-hetero) is 1. The number of aliphatic hydroxyl groups is 1. The molecule has 2 amide bonds. The number of para-hydroxylation sites is 1. The van der Waals surface area contributed by atoms with Gasteiger partial charge in [0.25, 0.3) is 17.6 Å². The topological polar surface area (TPSA) is 119 Å². The summed E-state index contributed by atoms with van der Waals surface area (Å²) in [7, 11) is 2.86. The van der Waals surface area contributed by atoms with Crippen molar-refractivity contribution in [2.45, 2.75) is 23.8 Å². The molecule has 1 saturated heterocycles. The largest absolute Gasteiger partial charge is 0.507 e. The van der Waals surface area contributed by atoms with E-state index in [0.717, 1.165) is 4.31 Å². The average Bonchev–Trinajstić information content (AvgIpc) is 3.26. The van der Waals surface area contributed by atoms with Gasteiger partial charge in [0, 0.05) is 38.3 Å². The van der Waals surface area contributed by atoms with Gasteiger partial charge >= 0.3 is 0 Å². The maximum Gasteiger partial charge on any atom is 0.296 e. The van der Waals surface area contributed by atoms with E-state index in [0.29, 0.717) is 30.8 Å². The smallest absolute Gasteiger partial charge is 0.296 e. The maximum absolute atomic E-state index is 14.2. The molecule has 202 valence electrons. The molecule has 1 atom stereocenters. The summed E-state index contributed by atoms with van der Waals surface area (Å²) in [6, 6.07) is 12.3. The van der Waals surface area contributed by atoms with E-state index in [4.69, 9.17) is 0 Å². The number of fused-ring (bicyclic) bond motifs is 2. The van der Waals surface area contributed by atoms with Crippen LogP contribution in [0.5, 0.6) is 0 Å². The quantitative estimate of drug-likeness (QED) is 0.308. The van der Waals surface area contributed by atoms with Crippen molar-refractivity contribution in [2.75, 3.05) is 52.7 Å². The Morgan fingerprint density at radius 3 is 2.18 bits per heavy atom. The van der Waals surface area contributed by atoms with Crippen molar-refractivity contribution in [3.05, 3.63) is 65.2 Å². The number of anilines is 1. The lowest BCUT2D eigenvalue weighted by atomic mass is 9.82. The van der Waals surface area contributed by atoms with Crippen LogP contribution in [0.2, 0.25) is 0 Å². The number of carbonyl (C=O) groups is 3. The molecule has 1 N–H and O–H groups in total. The summed E-state index contributed by atoms with van der Waals surface area (Å²) in [6.07, 6.45) is 0.500. The molecule has 11 heteroatoms. The summed E-state index contributed by atoms with van der Waals surface area (Å²) in [5.41, 5.74) is -1.01. The van der Waals surface area contributed by atoms with Gasteiger partial charge in [0.1, 0.15) is 5.76 Å². The Labute approximate surface area is 222 Å². The highest BCUT2D eigenvalue weighted by Crippen LogP contribution is 2.53. The molecule has 1 spiro atoms. The highest BCUT2D eigenvalue weighted by atomic mass is 32.2. The summed E-state index contributed by atoms with van der Waals surface area (Å²) in [6.45, 7) is 2.85. The number of sulfonamides is 1. The Morgan fingerprint density at radius 2 is 1.61 bits per heavy atom. The first-order valence-corrected chi connectivity index (χ1v) is 13.7. The van der Waals surface area contributed by atoms with E-state index >= 15 is 0 Å². The normalized spacial score (nSPS) is 20.9. The zero-order valence-corrected chi connectivity index (χ0v) is 22.9. The molecule has 0 unspecified atom stereocenters. The van der Waals surface area contributed by atoms with Crippen LogP contribution >= 0.6 is 0 Å². The fourth-order valence-electron chi connectivity index (χ4n) is 5.17. The number of benzene rings is 2. The van der Waals surface area contributed by atoms with Crippen LogP contribution in [0, 0.1) is 0 Å². The van der Waals surface area contributed by atoms with Crippen molar-refractivity contribution in [1.82, 2.24) is 14.1 Å². The van der Waals surface area contributed by atoms with Gasteiger partial charge in [-0.3, -0.25) is 14.4 Å². The van der Waals surface area contributed by atoms with E-state index in [9.17, 15) is 27.9 Å². The molecule has 0 saturated carbocycles. The zero-order chi connectivity index (χ0) is 28.0. The number of amides is 2. The molecule has 38 heavy (non-hydrogen) atoms. The Morgan fingerprint density at radius 1 is 0.974 bits per heavy atom. The van der Waals surface area contributed by atoms with E-state index in [1.165, 1.54) is 48.2 Å². The first kappa shape index (κ1) is 27.5. The molecule has 2 aromatic carbocycles. The summed E-state index contributed by atoms with van der Waals surface area (Å²) < 4.78 is 26.1. The number of hydrogen-bond acceptors (Lipinski definition) is 7. The van der Waals surface area contributed by atoms with Crippen LogP contribution in [0.3, 0.4) is 0 Å². The summed E-state index contributed by atoms with van der Waals surface area (Å²) in [5, 5.41) is 11.5. The monoisotopic (exact) mass is 540 g/mol. The summed E-state index contributed by atoms with van der Waals surface area (Å²) in [4.78, 5) is 45.9. The molecule has 0 aliphatic carbocycles. The average molecular weight is 541 g/mol. The number of likely N-dealkylation sites (N-methyl/N-ethyl adjacent to an activating group) is 1. The number of likely N-dealkylation sites (tertiary alicyclic amines) is 1. The summed E-state index contributed by atoms with van der Waals surface area (Å²) >= 11 is 0. The van der Waals surface area contributed by atoms with E-state index in [2.05, 4.69) is 0 Å². The molecule has 10 nitrogen and oxygen atoms in total. The first-order chi connectivity index (χ1) is 17.9. The Hall–Kier alpha value is -3.54. The van der Waals surface area contributed by atoms with Crippen LogP contribution in [0.4, 0.5) is 5.69 Å². The standard InChI is InChI=1S/C27H32N4O6S/c1-6-30-21-11-8-7-10-20(21)27(26(30)35)22(24(33)25(34)31(27)17-9-16-28(2)3)23(32)18-12-14-19(15-13-18)38(36,37)29(4)5/h7-8,10-15,32H,6,9,16-17H2,1-5H3/t27-/m0/s1. The van der Waals surface area contributed by atoms with Gasteiger partial charge in [-0.2, -0.15) is 0 Å². The van der Waals surface area contributed by atoms with Gasteiger partial charge in [-0.25, -0.2) is 12.7 Å². The van der Waals surface area contributed by atoms with Crippen molar-refractivity contribution < 1.29 is 27.9 Å². The van der Waals surface area contributed by atoms with Gasteiger partial charge in [-0.05, 0) is 64.3 Å². The molecule has 2 aromatic rings. The van der Waals surface area contributed by atoms with Gasteiger partial charge in [-0.1, -0.05) is 18.2 Å². The van der Waals surface area contributed by atoms with Crippen molar-refractivity contribution in [2.24, 2.45) is 0 Å². The fourth-order valence-corrected chi connectivity index (χ4v) is 6.07. The van der Waals surface area contributed by atoms with E-state index in [1.54, 1.807) is 31.2 Å². The van der Waals surface area contributed by atoms with Crippen LogP contribution in [-0.2, 0) is 29.9 Å². The van der Waals surface area contributed by atoms with Gasteiger partial charge in [0.2, 0.25) is 10.0 Å². The number of rotatable bonds is 8. The van der Waals surface area contributed by atoms with E-state index in [-0.39, 0.29) is 22.6 Å². The van der Waals surface area contributed by atoms with Crippen molar-refractivity contribution >= 4 is 39.1 Å². The lowest BCUT2D eigenvalue weighted by Crippen LogP contribution is -2.52. The third-order valence-corrected chi connectivity index (χ3v) is 8.85. The highest BCUT2D eigenvalue weighted by Gasteiger charge is 2.66. The predicted octanol–water partition coefficient (Wildman–Crippen LogP) is 1.83. The number of aliphatic hydroxyl groups excluding tert-OH is 1. The Balaban J connectivity index is 1.95. The van der Waals surface area contributed by atoms with Crippen LogP contribution in [0.1, 0.15) is 24.5 Å². The van der Waals surface area contributed by atoms with Gasteiger partial charge < -0.3 is 19.8 Å². The Bertz CT molecular complexity index is 1430. The fraction of sp³-hybridized carbons (Fsp3) is 0.370. The molecule has 0 aromatic heterocycles. The highest BCUT2D eigenvalue weighted by molar-refractivity contribution is 7.89. The predicted molar refractivity (Wildman–Crippen MR) is 143 cm³/mol. The molecular formula is C27H32N4O6S. The molecule has 4 rings (SSSR count). The minimum atomic E-state index is -3.72. The van der Waals surface area contributed by atoms with Crippen molar-refractivity contribution in [3.8, 4) is 0 Å². The van der Waals surface area contributed by atoms with E-state index < -0.39 is 38.9 Å². The lowest BCUT2D eigenvalue weighted by Gasteiger charge is -2.34. The molecular weight excluding hydrogens is 508 g/mol. The minimum absolute atomic E-state index is 0.00246.